The van der Waals surface area contributed by atoms with Crippen molar-refractivity contribution >= 4 is 10.0 Å². The van der Waals surface area contributed by atoms with Gasteiger partial charge in [-0.05, 0) is 37.1 Å². The summed E-state index contributed by atoms with van der Waals surface area (Å²) in [6.45, 7) is 3.10. The Morgan fingerprint density at radius 1 is 1.33 bits per heavy atom. The van der Waals surface area contributed by atoms with Crippen LogP contribution in [0.5, 0.6) is 0 Å². The molecule has 0 amide bonds. The van der Waals surface area contributed by atoms with Gasteiger partial charge in [0.15, 0.2) is 0 Å². The Morgan fingerprint density at radius 3 is 2.62 bits per heavy atom. The first-order chi connectivity index (χ1) is 9.96. The summed E-state index contributed by atoms with van der Waals surface area (Å²) < 4.78 is 40.5. The van der Waals surface area contributed by atoms with Crippen LogP contribution in [-0.2, 0) is 16.6 Å². The lowest BCUT2D eigenvalue weighted by atomic mass is 10.2. The molecule has 1 aliphatic carbocycles. The molecule has 0 unspecified atom stereocenters. The minimum atomic E-state index is -3.65. The van der Waals surface area contributed by atoms with E-state index < -0.39 is 15.8 Å². The van der Waals surface area contributed by atoms with Gasteiger partial charge in [-0.1, -0.05) is 25.8 Å². The van der Waals surface area contributed by atoms with Crippen LogP contribution in [-0.4, -0.2) is 32.4 Å². The first-order valence-corrected chi connectivity index (χ1v) is 8.88. The molecule has 118 valence electrons. The Morgan fingerprint density at radius 2 is 2.00 bits per heavy atom. The topological polar surface area (TPSA) is 49.4 Å². The van der Waals surface area contributed by atoms with Crippen LogP contribution >= 0.6 is 0 Å². The number of sulfonamides is 1. The minimum Gasteiger partial charge on any atom is -0.313 e. The number of halogens is 1. The van der Waals surface area contributed by atoms with E-state index in [2.05, 4.69) is 5.32 Å². The molecule has 0 saturated heterocycles. The van der Waals surface area contributed by atoms with Crippen LogP contribution in [0, 0.1) is 5.82 Å². The van der Waals surface area contributed by atoms with E-state index in [-0.39, 0.29) is 10.9 Å². The van der Waals surface area contributed by atoms with Crippen molar-refractivity contribution in [2.45, 2.75) is 50.1 Å². The van der Waals surface area contributed by atoms with E-state index in [9.17, 15) is 12.8 Å². The van der Waals surface area contributed by atoms with Crippen LogP contribution in [0.4, 0.5) is 4.39 Å². The van der Waals surface area contributed by atoms with E-state index in [0.717, 1.165) is 38.3 Å². The second-order valence-electron chi connectivity index (χ2n) is 5.49. The van der Waals surface area contributed by atoms with Gasteiger partial charge in [-0.25, -0.2) is 12.8 Å². The number of nitrogens with zero attached hydrogens (tertiary/aromatic N) is 1. The lowest BCUT2D eigenvalue weighted by molar-refractivity contribution is 0.372. The largest absolute Gasteiger partial charge is 0.313 e. The second kappa shape index (κ2) is 6.85. The molecule has 2 rings (SSSR count). The minimum absolute atomic E-state index is 0.0326. The van der Waals surface area contributed by atoms with E-state index in [1.54, 1.807) is 13.1 Å². The molecule has 1 aromatic carbocycles. The van der Waals surface area contributed by atoms with Crippen molar-refractivity contribution < 1.29 is 12.8 Å². The van der Waals surface area contributed by atoms with Crippen LogP contribution in [0.25, 0.3) is 0 Å². The molecule has 4 nitrogen and oxygen atoms in total. The predicted molar refractivity (Wildman–Crippen MR) is 81.0 cm³/mol. The Bertz CT molecular complexity index is 583. The fourth-order valence-electron chi connectivity index (χ4n) is 2.79. The van der Waals surface area contributed by atoms with Gasteiger partial charge >= 0.3 is 0 Å². The van der Waals surface area contributed by atoms with Crippen molar-refractivity contribution in [3.63, 3.8) is 0 Å². The fourth-order valence-corrected chi connectivity index (χ4v) is 4.44. The molecule has 0 radical (unpaired) electrons. The number of benzene rings is 1. The molecule has 1 saturated carbocycles. The highest BCUT2D eigenvalue weighted by Crippen LogP contribution is 2.29. The first-order valence-electron chi connectivity index (χ1n) is 7.44. The summed E-state index contributed by atoms with van der Waals surface area (Å²) in [5.41, 5.74) is 0.614. The van der Waals surface area contributed by atoms with Crippen LogP contribution in [0.3, 0.4) is 0 Å². The fraction of sp³-hybridized carbons (Fsp3) is 0.600. The maximum atomic E-state index is 13.5. The molecule has 1 fully saturated rings. The highest BCUT2D eigenvalue weighted by molar-refractivity contribution is 7.89. The van der Waals surface area contributed by atoms with E-state index >= 15 is 0 Å². The third kappa shape index (κ3) is 3.62. The van der Waals surface area contributed by atoms with Gasteiger partial charge in [0.25, 0.3) is 0 Å². The van der Waals surface area contributed by atoms with Crippen molar-refractivity contribution in [2.24, 2.45) is 0 Å². The number of hydrogen-bond donors (Lipinski definition) is 1. The Balaban J connectivity index is 2.35. The summed E-state index contributed by atoms with van der Waals surface area (Å²) in [5, 5.41) is 3.10. The average Bonchev–Trinajstić information content (AvgIpc) is 2.99. The van der Waals surface area contributed by atoms with Gasteiger partial charge < -0.3 is 5.32 Å². The zero-order chi connectivity index (χ0) is 15.5. The van der Waals surface area contributed by atoms with Crippen molar-refractivity contribution in [3.05, 3.63) is 29.6 Å². The molecular weight excluding hydrogens is 291 g/mol. The van der Waals surface area contributed by atoms with Crippen LogP contribution in [0.15, 0.2) is 23.1 Å². The summed E-state index contributed by atoms with van der Waals surface area (Å²) >= 11 is 0. The van der Waals surface area contributed by atoms with Crippen LogP contribution < -0.4 is 5.32 Å². The van der Waals surface area contributed by atoms with Crippen molar-refractivity contribution in [2.75, 3.05) is 13.6 Å². The van der Waals surface area contributed by atoms with Gasteiger partial charge in [0.05, 0.1) is 4.90 Å². The zero-order valence-corrected chi connectivity index (χ0v) is 13.4. The molecule has 0 heterocycles. The monoisotopic (exact) mass is 314 g/mol. The number of hydrogen-bond acceptors (Lipinski definition) is 3. The quantitative estimate of drug-likeness (QED) is 0.877. The third-order valence-electron chi connectivity index (χ3n) is 4.09. The number of rotatable bonds is 6. The SMILES string of the molecule is CCNCc1ccc(F)cc1S(=O)(=O)N(C)C1CCCC1. The first kappa shape index (κ1) is 16.4. The molecule has 1 aromatic rings. The lowest BCUT2D eigenvalue weighted by Crippen LogP contribution is -2.36. The Labute approximate surface area is 126 Å². The van der Waals surface area contributed by atoms with Gasteiger partial charge in [-0.2, -0.15) is 4.31 Å². The van der Waals surface area contributed by atoms with Crippen LogP contribution in [0.1, 0.15) is 38.2 Å². The molecule has 21 heavy (non-hydrogen) atoms. The summed E-state index contributed by atoms with van der Waals surface area (Å²) in [5.74, 6) is -0.520. The summed E-state index contributed by atoms with van der Waals surface area (Å²) in [4.78, 5) is 0.0813. The number of nitrogens with one attached hydrogen (secondary N) is 1. The Kier molecular flexibility index (Phi) is 5.35. The molecule has 1 N–H and O–H groups in total. The molecule has 1 aliphatic rings. The molecular formula is C15H23FN2O2S. The highest BCUT2D eigenvalue weighted by atomic mass is 32.2. The van der Waals surface area contributed by atoms with E-state index in [1.807, 2.05) is 6.92 Å². The smallest absolute Gasteiger partial charge is 0.243 e. The average molecular weight is 314 g/mol. The summed E-state index contributed by atoms with van der Waals surface area (Å²) in [7, 11) is -2.05. The lowest BCUT2D eigenvalue weighted by Gasteiger charge is -2.25. The van der Waals surface area contributed by atoms with Crippen molar-refractivity contribution in [1.29, 1.82) is 0 Å². The molecule has 0 aromatic heterocycles. The van der Waals surface area contributed by atoms with Gasteiger partial charge in [0.2, 0.25) is 10.0 Å². The maximum absolute atomic E-state index is 13.5. The predicted octanol–water partition coefficient (Wildman–Crippen LogP) is 2.50. The standard InChI is InChI=1S/C15H23FN2O2S/c1-3-17-11-12-8-9-13(16)10-15(12)21(19,20)18(2)14-6-4-5-7-14/h8-10,14,17H,3-7,11H2,1-2H3. The van der Waals surface area contributed by atoms with Gasteiger partial charge in [-0.3, -0.25) is 0 Å². The normalized spacial score (nSPS) is 16.8. The van der Waals surface area contributed by atoms with E-state index in [0.29, 0.717) is 12.1 Å². The van der Waals surface area contributed by atoms with E-state index in [1.165, 1.54) is 10.4 Å². The molecule has 6 heteroatoms. The van der Waals surface area contributed by atoms with Crippen molar-refractivity contribution in [3.8, 4) is 0 Å². The Hall–Kier alpha value is -0.980. The van der Waals surface area contributed by atoms with Gasteiger partial charge in [-0.15, -0.1) is 0 Å². The van der Waals surface area contributed by atoms with E-state index in [4.69, 9.17) is 0 Å². The maximum Gasteiger partial charge on any atom is 0.243 e. The van der Waals surface area contributed by atoms with Crippen LogP contribution in [0.2, 0.25) is 0 Å². The zero-order valence-electron chi connectivity index (χ0n) is 12.6. The van der Waals surface area contributed by atoms with Crippen molar-refractivity contribution in [1.82, 2.24) is 9.62 Å². The molecule has 0 aliphatic heterocycles. The second-order valence-corrected chi connectivity index (χ2v) is 7.46. The van der Waals surface area contributed by atoms with Gasteiger partial charge in [0, 0.05) is 19.6 Å². The summed E-state index contributed by atoms with van der Waals surface area (Å²) in [6.07, 6.45) is 3.87. The van der Waals surface area contributed by atoms with Gasteiger partial charge in [0.1, 0.15) is 5.82 Å². The molecule has 0 spiro atoms. The molecule has 0 atom stereocenters. The molecule has 0 bridgehead atoms. The summed E-state index contributed by atoms with van der Waals surface area (Å²) in [6, 6.07) is 4.02. The highest BCUT2D eigenvalue weighted by Gasteiger charge is 2.31. The third-order valence-corrected chi connectivity index (χ3v) is 6.08.